The lowest BCUT2D eigenvalue weighted by molar-refractivity contribution is 0.181. The van der Waals surface area contributed by atoms with Crippen molar-refractivity contribution in [3.63, 3.8) is 0 Å². The predicted molar refractivity (Wildman–Crippen MR) is 43.0 cm³/mol. The normalized spacial score (nSPS) is 10.2. The van der Waals surface area contributed by atoms with Crippen molar-refractivity contribution in [2.75, 3.05) is 7.11 Å². The number of H-pyrrole nitrogens is 1. The average Bonchev–Trinajstić information content (AvgIpc) is 2.01. The smallest absolute Gasteiger partial charge is 0.328 e. The third kappa shape index (κ3) is 1.62. The molecule has 0 unspecified atom stereocenters. The molecule has 1 N–H and O–H groups in total. The molecule has 1 rings (SSSR count). The Balaban J connectivity index is 3.22. The van der Waals surface area contributed by atoms with Gasteiger partial charge in [0.05, 0.1) is 12.3 Å². The fraction of sp³-hybridized carbons (Fsp3) is 0.429. The highest BCUT2D eigenvalue weighted by atomic mass is 16.5. The highest BCUT2D eigenvalue weighted by Crippen LogP contribution is 1.86. The monoisotopic (exact) mass is 170 g/mol. The van der Waals surface area contributed by atoms with Crippen LogP contribution in [0.1, 0.15) is 5.69 Å². The van der Waals surface area contributed by atoms with Crippen molar-refractivity contribution in [3.8, 4) is 0 Å². The molecule has 0 fully saturated rings. The number of methoxy groups -OCH3 is 1. The van der Waals surface area contributed by atoms with Gasteiger partial charge < -0.3 is 9.72 Å². The second-order valence-electron chi connectivity index (χ2n) is 2.43. The topological polar surface area (TPSA) is 64.1 Å². The van der Waals surface area contributed by atoms with Gasteiger partial charge in [0.1, 0.15) is 0 Å². The van der Waals surface area contributed by atoms with Gasteiger partial charge in [-0.05, 0) is 0 Å². The van der Waals surface area contributed by atoms with Crippen molar-refractivity contribution in [1.82, 2.24) is 9.55 Å². The van der Waals surface area contributed by atoms with Gasteiger partial charge in [0.2, 0.25) is 0 Å². The molecule has 0 radical (unpaired) electrons. The molecule has 0 saturated heterocycles. The molecule has 0 amide bonds. The Morgan fingerprint density at radius 3 is 2.75 bits per heavy atom. The van der Waals surface area contributed by atoms with Gasteiger partial charge in [0.25, 0.3) is 5.56 Å². The lowest BCUT2D eigenvalue weighted by atomic mass is 10.4. The molecule has 0 aliphatic heterocycles. The Morgan fingerprint density at radius 2 is 2.25 bits per heavy atom. The summed E-state index contributed by atoms with van der Waals surface area (Å²) >= 11 is 0. The summed E-state index contributed by atoms with van der Waals surface area (Å²) in [4.78, 5) is 24.5. The number of hydrogen-bond acceptors (Lipinski definition) is 3. The number of hydrogen-bond donors (Lipinski definition) is 1. The van der Waals surface area contributed by atoms with Crippen LogP contribution in [0.2, 0.25) is 0 Å². The largest absolute Gasteiger partial charge is 0.378 e. The summed E-state index contributed by atoms with van der Waals surface area (Å²) in [5.41, 5.74) is -0.258. The van der Waals surface area contributed by atoms with E-state index in [0.717, 1.165) is 4.57 Å². The molecule has 5 heteroatoms. The Morgan fingerprint density at radius 1 is 1.58 bits per heavy atom. The molecule has 1 aromatic heterocycles. The molecule has 12 heavy (non-hydrogen) atoms. The van der Waals surface area contributed by atoms with Crippen LogP contribution in [0.4, 0.5) is 0 Å². The van der Waals surface area contributed by atoms with E-state index in [4.69, 9.17) is 4.74 Å². The zero-order valence-electron chi connectivity index (χ0n) is 6.96. The van der Waals surface area contributed by atoms with Gasteiger partial charge in [-0.25, -0.2) is 4.79 Å². The minimum absolute atomic E-state index is 0.241. The van der Waals surface area contributed by atoms with Crippen molar-refractivity contribution < 1.29 is 4.74 Å². The van der Waals surface area contributed by atoms with E-state index in [0.29, 0.717) is 5.69 Å². The minimum Gasteiger partial charge on any atom is -0.378 e. The van der Waals surface area contributed by atoms with Crippen molar-refractivity contribution in [1.29, 1.82) is 0 Å². The summed E-state index contributed by atoms with van der Waals surface area (Å²) in [6.07, 6.45) is 0. The first kappa shape index (κ1) is 8.73. The zero-order chi connectivity index (χ0) is 9.14. The minimum atomic E-state index is -0.422. The Kier molecular flexibility index (Phi) is 2.44. The molecule has 0 aliphatic carbocycles. The third-order valence-electron chi connectivity index (χ3n) is 1.50. The predicted octanol–water partition coefficient (Wildman–Crippen LogP) is -0.780. The van der Waals surface area contributed by atoms with E-state index in [1.807, 2.05) is 0 Å². The zero-order valence-corrected chi connectivity index (χ0v) is 6.96. The van der Waals surface area contributed by atoms with E-state index >= 15 is 0 Å². The summed E-state index contributed by atoms with van der Waals surface area (Å²) in [5.74, 6) is 0. The van der Waals surface area contributed by atoms with Crippen molar-refractivity contribution in [2.45, 2.75) is 6.61 Å². The first-order chi connectivity index (χ1) is 5.65. The summed E-state index contributed by atoms with van der Waals surface area (Å²) in [7, 11) is 2.91. The van der Waals surface area contributed by atoms with E-state index in [-0.39, 0.29) is 12.2 Å². The second-order valence-corrected chi connectivity index (χ2v) is 2.43. The van der Waals surface area contributed by atoms with E-state index < -0.39 is 5.69 Å². The van der Waals surface area contributed by atoms with Crippen LogP contribution >= 0.6 is 0 Å². The van der Waals surface area contributed by atoms with Crippen LogP contribution in [0, 0.1) is 0 Å². The van der Waals surface area contributed by atoms with E-state index in [2.05, 4.69) is 4.98 Å². The number of nitrogens with one attached hydrogen (secondary N) is 1. The summed E-state index contributed by atoms with van der Waals surface area (Å²) in [6, 6.07) is 1.34. The number of rotatable bonds is 2. The van der Waals surface area contributed by atoms with Gasteiger partial charge in [-0.15, -0.1) is 0 Å². The number of aromatic amines is 1. The van der Waals surface area contributed by atoms with Gasteiger partial charge >= 0.3 is 5.69 Å². The molecule has 0 atom stereocenters. The average molecular weight is 170 g/mol. The quantitative estimate of drug-likeness (QED) is 0.633. The van der Waals surface area contributed by atoms with Gasteiger partial charge in [0.15, 0.2) is 0 Å². The molecule has 0 aromatic carbocycles. The molecule has 5 nitrogen and oxygen atoms in total. The molecule has 0 bridgehead atoms. The van der Waals surface area contributed by atoms with E-state index in [9.17, 15) is 9.59 Å². The Bertz CT molecular complexity index is 346. The Labute approximate surface area is 68.6 Å². The highest BCUT2D eigenvalue weighted by molar-refractivity contribution is 4.97. The van der Waals surface area contributed by atoms with E-state index in [1.165, 1.54) is 20.2 Å². The van der Waals surface area contributed by atoms with Crippen LogP contribution in [-0.2, 0) is 18.4 Å². The number of aromatic nitrogens is 2. The third-order valence-corrected chi connectivity index (χ3v) is 1.50. The van der Waals surface area contributed by atoms with Crippen LogP contribution in [0.3, 0.4) is 0 Å². The van der Waals surface area contributed by atoms with Gasteiger partial charge in [-0.2, -0.15) is 0 Å². The second kappa shape index (κ2) is 3.36. The molecule has 0 spiro atoms. The van der Waals surface area contributed by atoms with Crippen LogP contribution in [-0.4, -0.2) is 16.7 Å². The fourth-order valence-corrected chi connectivity index (χ4v) is 0.836. The molecule has 1 aromatic rings. The maximum Gasteiger partial charge on any atom is 0.328 e. The first-order valence-electron chi connectivity index (χ1n) is 3.43. The molecular formula is C7H10N2O3. The maximum absolute atomic E-state index is 11.0. The van der Waals surface area contributed by atoms with Crippen molar-refractivity contribution >= 4 is 0 Å². The lowest BCUT2D eigenvalue weighted by Gasteiger charge is -1.99. The first-order valence-corrected chi connectivity index (χ1v) is 3.43. The van der Waals surface area contributed by atoms with Crippen LogP contribution in [0.5, 0.6) is 0 Å². The van der Waals surface area contributed by atoms with Gasteiger partial charge in [-0.1, -0.05) is 0 Å². The summed E-state index contributed by atoms with van der Waals surface area (Å²) < 4.78 is 5.76. The summed E-state index contributed by atoms with van der Waals surface area (Å²) in [6.45, 7) is 0.241. The van der Waals surface area contributed by atoms with Gasteiger partial charge in [0, 0.05) is 20.2 Å². The fourth-order valence-electron chi connectivity index (χ4n) is 0.836. The van der Waals surface area contributed by atoms with Gasteiger partial charge in [-0.3, -0.25) is 9.36 Å². The van der Waals surface area contributed by atoms with Crippen LogP contribution in [0.15, 0.2) is 15.7 Å². The number of ether oxygens (including phenoxy) is 1. The standard InChI is InChI=1S/C7H10N2O3/c1-9-6(10)3-5(4-12-2)8-7(9)11/h3H,4H2,1-2H3,(H,8,11). The SMILES string of the molecule is COCc1cc(=O)n(C)c(=O)[nH]1. The number of nitrogens with zero attached hydrogens (tertiary/aromatic N) is 1. The molecule has 1 heterocycles. The highest BCUT2D eigenvalue weighted by Gasteiger charge is 1.98. The molecule has 0 aliphatic rings. The molecule has 66 valence electrons. The van der Waals surface area contributed by atoms with E-state index in [1.54, 1.807) is 0 Å². The van der Waals surface area contributed by atoms with Crippen LogP contribution in [0.25, 0.3) is 0 Å². The van der Waals surface area contributed by atoms with Crippen molar-refractivity contribution in [3.05, 3.63) is 32.6 Å². The molecular weight excluding hydrogens is 160 g/mol. The Hall–Kier alpha value is -1.36. The van der Waals surface area contributed by atoms with Crippen LogP contribution < -0.4 is 11.2 Å². The summed E-state index contributed by atoms with van der Waals surface area (Å²) in [5, 5.41) is 0. The van der Waals surface area contributed by atoms with Crippen molar-refractivity contribution in [2.24, 2.45) is 7.05 Å². The maximum atomic E-state index is 11.0. The molecule has 0 saturated carbocycles. The lowest BCUT2D eigenvalue weighted by Crippen LogP contribution is -2.32.